The minimum atomic E-state index is -0.0529. The van der Waals surface area contributed by atoms with Gasteiger partial charge >= 0.3 is 6.85 Å². The lowest BCUT2D eigenvalue weighted by Gasteiger charge is -2.43. The van der Waals surface area contributed by atoms with Crippen molar-refractivity contribution in [3.05, 3.63) is 149 Å². The van der Waals surface area contributed by atoms with Gasteiger partial charge < -0.3 is 9.38 Å². The van der Waals surface area contributed by atoms with Crippen molar-refractivity contribution in [1.29, 1.82) is 0 Å². The summed E-state index contributed by atoms with van der Waals surface area (Å²) in [6.07, 6.45) is 0. The van der Waals surface area contributed by atoms with Gasteiger partial charge in [0.05, 0.1) is 11.0 Å². The fourth-order valence-electron chi connectivity index (χ4n) is 10.4. The summed E-state index contributed by atoms with van der Waals surface area (Å²) in [5.74, 6) is 0. The van der Waals surface area contributed by atoms with E-state index in [1.165, 1.54) is 111 Å². The summed E-state index contributed by atoms with van der Waals surface area (Å²) >= 11 is 0. The molecule has 7 aromatic carbocycles. The van der Waals surface area contributed by atoms with Crippen molar-refractivity contribution in [2.75, 3.05) is 4.81 Å². The summed E-state index contributed by atoms with van der Waals surface area (Å²) in [4.78, 5) is 2.71. The summed E-state index contributed by atoms with van der Waals surface area (Å²) in [5.41, 5.74) is 21.4. The topological polar surface area (TPSA) is 8.17 Å². The van der Waals surface area contributed by atoms with Crippen LogP contribution in [0.2, 0.25) is 0 Å². The third-order valence-electron chi connectivity index (χ3n) is 13.3. The summed E-state index contributed by atoms with van der Waals surface area (Å²) in [6, 6.07) is 47.3. The first-order chi connectivity index (χ1) is 26.2. The normalized spacial score (nSPS) is 15.1. The molecule has 0 unspecified atom stereocenters. The maximum absolute atomic E-state index is 2.71. The van der Waals surface area contributed by atoms with Gasteiger partial charge in [0, 0.05) is 38.8 Å². The quantitative estimate of drug-likeness (QED) is 0.154. The fraction of sp³-hybridized carbons (Fsp3) is 0.231. The van der Waals surface area contributed by atoms with Crippen LogP contribution in [0, 0.1) is 6.92 Å². The van der Waals surface area contributed by atoms with Gasteiger partial charge in [0.15, 0.2) is 0 Å². The van der Waals surface area contributed by atoms with Crippen molar-refractivity contribution >= 4 is 61.7 Å². The minimum absolute atomic E-state index is 0.0225. The lowest BCUT2D eigenvalue weighted by molar-refractivity contribution is 0.590. The Balaban J connectivity index is 1.31. The number of aromatic nitrogens is 1. The third kappa shape index (κ3) is 4.33. The van der Waals surface area contributed by atoms with Crippen LogP contribution < -0.4 is 15.7 Å². The number of hydrogen-bond acceptors (Lipinski definition) is 1. The van der Waals surface area contributed by atoms with Crippen molar-refractivity contribution in [2.45, 2.75) is 78.6 Å². The van der Waals surface area contributed by atoms with Crippen LogP contribution in [0.15, 0.2) is 121 Å². The first-order valence-electron chi connectivity index (χ1n) is 20.1. The third-order valence-corrected chi connectivity index (χ3v) is 13.3. The van der Waals surface area contributed by atoms with Crippen LogP contribution in [0.1, 0.15) is 83.2 Å². The van der Waals surface area contributed by atoms with Crippen molar-refractivity contribution in [1.82, 2.24) is 4.57 Å². The van der Waals surface area contributed by atoms with Crippen LogP contribution in [0.5, 0.6) is 0 Å². The number of benzene rings is 7. The average Bonchev–Trinajstić information content (AvgIpc) is 3.60. The Hall–Kier alpha value is -5.54. The molecule has 3 heterocycles. The lowest BCUT2D eigenvalue weighted by Crippen LogP contribution is -2.60. The maximum Gasteiger partial charge on any atom is 0.333 e. The Bertz CT molecular complexity index is 3000. The highest BCUT2D eigenvalue weighted by molar-refractivity contribution is 6.93. The predicted octanol–water partition coefficient (Wildman–Crippen LogP) is 12.4. The molecule has 0 saturated heterocycles. The van der Waals surface area contributed by atoms with E-state index in [-0.39, 0.29) is 23.1 Å². The standard InChI is InChI=1S/C52H47BN2/c1-30-24-40-47-35-15-11-10-14-31(35)18-22-45(47)55(34-20-21-42-37(29-34)36-16-12-13-17-41(36)52(42,8)9)53-43-28-33(51(5,6)7)27-39-38-26-32(50(2,3)4)19-23-44(38)54(49(39)43)46(25-30)48(40)53/h10-29H,1-9H3. The highest BCUT2D eigenvalue weighted by Crippen LogP contribution is 2.52. The summed E-state index contributed by atoms with van der Waals surface area (Å²) in [5, 5.41) is 5.27. The van der Waals surface area contributed by atoms with Crippen molar-refractivity contribution in [2.24, 2.45) is 0 Å². The van der Waals surface area contributed by atoms with E-state index < -0.39 is 0 Å². The van der Waals surface area contributed by atoms with Crippen LogP contribution in [0.4, 0.5) is 11.4 Å². The van der Waals surface area contributed by atoms with Gasteiger partial charge in [-0.15, -0.1) is 0 Å². The molecule has 8 aromatic rings. The van der Waals surface area contributed by atoms with Gasteiger partial charge in [0.25, 0.3) is 0 Å². The first-order valence-corrected chi connectivity index (χ1v) is 20.1. The number of nitrogens with zero attached hydrogens (tertiary/aromatic N) is 2. The molecule has 2 nitrogen and oxygen atoms in total. The van der Waals surface area contributed by atoms with Gasteiger partial charge in [0.2, 0.25) is 0 Å². The number of anilines is 2. The molecule has 3 heteroatoms. The van der Waals surface area contributed by atoms with E-state index in [9.17, 15) is 0 Å². The second-order valence-electron chi connectivity index (χ2n) is 19.1. The Kier molecular flexibility index (Phi) is 6.34. The molecule has 11 rings (SSSR count). The second kappa shape index (κ2) is 10.6. The second-order valence-corrected chi connectivity index (χ2v) is 19.1. The largest absolute Gasteiger partial charge is 0.376 e. The zero-order valence-electron chi connectivity index (χ0n) is 33.5. The van der Waals surface area contributed by atoms with E-state index >= 15 is 0 Å². The fourth-order valence-corrected chi connectivity index (χ4v) is 10.4. The van der Waals surface area contributed by atoms with E-state index in [4.69, 9.17) is 0 Å². The number of hydrogen-bond donors (Lipinski definition) is 0. The maximum atomic E-state index is 2.71. The molecule has 0 amide bonds. The number of rotatable bonds is 1. The summed E-state index contributed by atoms with van der Waals surface area (Å²) in [7, 11) is 0. The van der Waals surface area contributed by atoms with E-state index in [1.54, 1.807) is 0 Å². The van der Waals surface area contributed by atoms with Gasteiger partial charge in [0.1, 0.15) is 0 Å². The smallest absolute Gasteiger partial charge is 0.333 e. The molecule has 0 radical (unpaired) electrons. The molecular formula is C52H47BN2. The van der Waals surface area contributed by atoms with Crippen LogP contribution in [-0.4, -0.2) is 11.4 Å². The monoisotopic (exact) mass is 710 g/mol. The van der Waals surface area contributed by atoms with Crippen molar-refractivity contribution < 1.29 is 0 Å². The van der Waals surface area contributed by atoms with Crippen LogP contribution in [0.25, 0.3) is 60.5 Å². The van der Waals surface area contributed by atoms with E-state index in [2.05, 4.69) is 193 Å². The predicted molar refractivity (Wildman–Crippen MR) is 237 cm³/mol. The van der Waals surface area contributed by atoms with Gasteiger partial charge in [-0.1, -0.05) is 134 Å². The van der Waals surface area contributed by atoms with Crippen molar-refractivity contribution in [3.8, 4) is 27.9 Å². The zero-order chi connectivity index (χ0) is 37.9. The molecule has 0 saturated carbocycles. The molecule has 2 aliphatic heterocycles. The first kappa shape index (κ1) is 32.9. The minimum Gasteiger partial charge on any atom is -0.376 e. The van der Waals surface area contributed by atoms with Gasteiger partial charge in [-0.05, 0) is 126 Å². The average molecular weight is 711 g/mol. The van der Waals surface area contributed by atoms with Crippen molar-refractivity contribution in [3.63, 3.8) is 0 Å². The molecule has 0 N–H and O–H groups in total. The molecule has 55 heavy (non-hydrogen) atoms. The Morgan fingerprint density at radius 2 is 1.29 bits per heavy atom. The van der Waals surface area contributed by atoms with Crippen LogP contribution in [-0.2, 0) is 16.2 Å². The molecule has 0 fully saturated rings. The Morgan fingerprint density at radius 1 is 0.564 bits per heavy atom. The zero-order valence-corrected chi connectivity index (χ0v) is 33.5. The highest BCUT2D eigenvalue weighted by atomic mass is 15.1. The molecular weight excluding hydrogens is 663 g/mol. The lowest BCUT2D eigenvalue weighted by atomic mass is 9.43. The summed E-state index contributed by atoms with van der Waals surface area (Å²) in [6.45, 7) is 21.1. The molecule has 268 valence electrons. The van der Waals surface area contributed by atoms with Gasteiger partial charge in [-0.25, -0.2) is 0 Å². The molecule has 0 spiro atoms. The van der Waals surface area contributed by atoms with E-state index in [0.29, 0.717) is 0 Å². The number of fused-ring (bicyclic) bond motifs is 12. The summed E-state index contributed by atoms with van der Waals surface area (Å²) < 4.78 is 2.62. The van der Waals surface area contributed by atoms with E-state index in [1.807, 2.05) is 0 Å². The molecule has 0 bridgehead atoms. The SMILES string of the molecule is Cc1cc2c3c(c1)-n1c4ccc(C(C)(C)C)cc4c4cc(C(C)(C)C)cc(c41)B3N(c1ccc3c(c1)-c1ccccc1C3(C)C)c1ccc3ccccc3c1-2. The highest BCUT2D eigenvalue weighted by Gasteiger charge is 2.46. The molecule has 1 aliphatic carbocycles. The van der Waals surface area contributed by atoms with Gasteiger partial charge in [-0.3, -0.25) is 0 Å². The number of aryl methyl sites for hydroxylation is 1. The van der Waals surface area contributed by atoms with Crippen LogP contribution >= 0.6 is 0 Å². The van der Waals surface area contributed by atoms with E-state index in [0.717, 1.165) is 0 Å². The molecule has 3 aliphatic rings. The molecule has 0 atom stereocenters. The Labute approximate surface area is 325 Å². The van der Waals surface area contributed by atoms with Gasteiger partial charge in [-0.2, -0.15) is 0 Å². The Morgan fingerprint density at radius 3 is 2.09 bits per heavy atom. The van der Waals surface area contributed by atoms with Crippen LogP contribution in [0.3, 0.4) is 0 Å². The molecule has 1 aromatic heterocycles.